The van der Waals surface area contributed by atoms with Crippen LogP contribution in [-0.2, 0) is 9.53 Å². The van der Waals surface area contributed by atoms with E-state index in [1.807, 2.05) is 18.2 Å². The third kappa shape index (κ3) is 3.41. The lowest BCUT2D eigenvalue weighted by atomic mass is 10.1. The number of carbonyl (C=O) groups is 2. The molecule has 1 aromatic rings. The number of rotatable bonds is 3. The molecule has 0 aromatic heterocycles. The van der Waals surface area contributed by atoms with Crippen molar-refractivity contribution < 1.29 is 14.3 Å². The highest BCUT2D eigenvalue weighted by Crippen LogP contribution is 2.30. The maximum Gasteiger partial charge on any atom is 0.315 e. The number of morpholine rings is 1. The lowest BCUT2D eigenvalue weighted by molar-refractivity contribution is -0.125. The van der Waals surface area contributed by atoms with Gasteiger partial charge in [0.05, 0.1) is 12.7 Å². The average molecular weight is 358 g/mol. The van der Waals surface area contributed by atoms with Crippen LogP contribution in [-0.4, -0.2) is 66.1 Å². The van der Waals surface area contributed by atoms with Gasteiger partial charge in [-0.25, -0.2) is 4.79 Å². The van der Waals surface area contributed by atoms with Crippen molar-refractivity contribution >= 4 is 11.9 Å². The Bertz CT molecular complexity index is 668. The van der Waals surface area contributed by atoms with Crippen molar-refractivity contribution in [1.82, 2.24) is 15.1 Å². The van der Waals surface area contributed by atoms with Gasteiger partial charge in [-0.05, 0) is 24.8 Å². The standard InChI is InChI=1S/C19H26N4O3/c20-19(25)23-8-4-7-16(23)18(24)21-14-9-15-12-26-17(11-22(15)10-14)13-5-2-1-3-6-13/h1-3,5-6,14-17H,4,7-12H2,(H2,20,25)(H,21,24)/t14-,15-,16-,17+/m0/s1. The fourth-order valence-electron chi connectivity index (χ4n) is 4.45. The summed E-state index contributed by atoms with van der Waals surface area (Å²) in [6.45, 7) is 2.92. The number of amides is 3. The Kier molecular flexibility index (Phi) is 4.82. The topological polar surface area (TPSA) is 87.9 Å². The van der Waals surface area contributed by atoms with Crippen LogP contribution in [0.5, 0.6) is 0 Å². The van der Waals surface area contributed by atoms with Crippen LogP contribution in [0.25, 0.3) is 0 Å². The summed E-state index contributed by atoms with van der Waals surface area (Å²) in [5, 5.41) is 3.13. The lowest BCUT2D eigenvalue weighted by Gasteiger charge is -2.35. The van der Waals surface area contributed by atoms with Gasteiger partial charge in [0.1, 0.15) is 6.04 Å². The Balaban J connectivity index is 1.34. The second-order valence-electron chi connectivity index (χ2n) is 7.47. The van der Waals surface area contributed by atoms with Crippen LogP contribution in [0.2, 0.25) is 0 Å². The molecule has 3 fully saturated rings. The fraction of sp³-hybridized carbons (Fsp3) is 0.579. The second-order valence-corrected chi connectivity index (χ2v) is 7.47. The molecule has 3 aliphatic heterocycles. The zero-order valence-electron chi connectivity index (χ0n) is 14.8. The summed E-state index contributed by atoms with van der Waals surface area (Å²) in [4.78, 5) is 28.0. The van der Waals surface area contributed by atoms with Gasteiger partial charge in [-0.3, -0.25) is 9.69 Å². The minimum absolute atomic E-state index is 0.0772. The predicted molar refractivity (Wildman–Crippen MR) is 96.4 cm³/mol. The van der Waals surface area contributed by atoms with Crippen molar-refractivity contribution in [2.75, 3.05) is 26.2 Å². The molecule has 0 spiro atoms. The summed E-state index contributed by atoms with van der Waals surface area (Å²) in [6.07, 6.45) is 2.49. The molecule has 140 valence electrons. The number of hydrogen-bond acceptors (Lipinski definition) is 4. The van der Waals surface area contributed by atoms with E-state index in [9.17, 15) is 9.59 Å². The molecule has 1 aromatic carbocycles. The molecular weight excluding hydrogens is 332 g/mol. The number of likely N-dealkylation sites (tertiary alicyclic amines) is 1. The Labute approximate surface area is 153 Å². The predicted octanol–water partition coefficient (Wildman–Crippen LogP) is 0.860. The minimum atomic E-state index is -0.509. The summed E-state index contributed by atoms with van der Waals surface area (Å²) in [6, 6.07) is 9.78. The van der Waals surface area contributed by atoms with Gasteiger partial charge in [0.2, 0.25) is 5.91 Å². The lowest BCUT2D eigenvalue weighted by Crippen LogP contribution is -2.50. The number of benzene rings is 1. The summed E-state index contributed by atoms with van der Waals surface area (Å²) >= 11 is 0. The van der Waals surface area contributed by atoms with Crippen molar-refractivity contribution in [3.63, 3.8) is 0 Å². The first kappa shape index (κ1) is 17.3. The Morgan fingerprint density at radius 1 is 1.19 bits per heavy atom. The molecule has 7 nitrogen and oxygen atoms in total. The van der Waals surface area contributed by atoms with E-state index in [4.69, 9.17) is 10.5 Å². The Morgan fingerprint density at radius 3 is 2.77 bits per heavy atom. The quantitative estimate of drug-likeness (QED) is 0.839. The van der Waals surface area contributed by atoms with Gasteiger partial charge >= 0.3 is 6.03 Å². The van der Waals surface area contributed by atoms with Crippen LogP contribution in [0.4, 0.5) is 4.79 Å². The molecule has 0 saturated carbocycles. The molecule has 0 radical (unpaired) electrons. The molecule has 26 heavy (non-hydrogen) atoms. The van der Waals surface area contributed by atoms with Crippen LogP contribution in [0.3, 0.4) is 0 Å². The number of primary amides is 1. The minimum Gasteiger partial charge on any atom is -0.371 e. The Hall–Kier alpha value is -2.12. The van der Waals surface area contributed by atoms with Gasteiger partial charge in [-0.2, -0.15) is 0 Å². The zero-order chi connectivity index (χ0) is 18.1. The normalized spacial score (nSPS) is 31.6. The first-order valence-corrected chi connectivity index (χ1v) is 9.39. The number of urea groups is 1. The number of nitrogens with two attached hydrogens (primary N) is 1. The van der Waals surface area contributed by atoms with E-state index in [2.05, 4.69) is 22.3 Å². The molecule has 3 aliphatic rings. The molecule has 0 aliphatic carbocycles. The number of carbonyl (C=O) groups excluding carboxylic acids is 2. The van der Waals surface area contributed by atoms with Gasteiger partial charge in [0.15, 0.2) is 0 Å². The molecule has 3 saturated heterocycles. The first-order chi connectivity index (χ1) is 12.6. The summed E-state index contributed by atoms with van der Waals surface area (Å²) in [5.41, 5.74) is 6.58. The van der Waals surface area contributed by atoms with Crippen molar-refractivity contribution in [3.8, 4) is 0 Å². The van der Waals surface area contributed by atoms with E-state index < -0.39 is 12.1 Å². The maximum absolute atomic E-state index is 12.6. The van der Waals surface area contributed by atoms with E-state index >= 15 is 0 Å². The number of nitrogens with zero attached hydrogens (tertiary/aromatic N) is 2. The third-order valence-electron chi connectivity index (χ3n) is 5.77. The summed E-state index contributed by atoms with van der Waals surface area (Å²) in [7, 11) is 0. The van der Waals surface area contributed by atoms with Crippen molar-refractivity contribution in [2.24, 2.45) is 5.73 Å². The van der Waals surface area contributed by atoms with Gasteiger partial charge in [-0.15, -0.1) is 0 Å². The number of fused-ring (bicyclic) bond motifs is 1. The molecule has 0 unspecified atom stereocenters. The van der Waals surface area contributed by atoms with E-state index in [1.54, 1.807) is 0 Å². The number of ether oxygens (including phenoxy) is 1. The van der Waals surface area contributed by atoms with Gasteiger partial charge in [0.25, 0.3) is 0 Å². The second kappa shape index (κ2) is 7.25. The number of nitrogens with one attached hydrogen (secondary N) is 1. The molecule has 4 atom stereocenters. The number of hydrogen-bond donors (Lipinski definition) is 2. The largest absolute Gasteiger partial charge is 0.371 e. The molecular formula is C19H26N4O3. The molecule has 3 amide bonds. The molecule has 4 rings (SSSR count). The van der Waals surface area contributed by atoms with Crippen molar-refractivity contribution in [3.05, 3.63) is 35.9 Å². The van der Waals surface area contributed by atoms with Gasteiger partial charge in [0, 0.05) is 31.7 Å². The molecule has 7 heteroatoms. The smallest absolute Gasteiger partial charge is 0.315 e. The van der Waals surface area contributed by atoms with E-state index in [1.165, 1.54) is 10.5 Å². The molecule has 3 N–H and O–H groups in total. The average Bonchev–Trinajstić information content (AvgIpc) is 3.28. The first-order valence-electron chi connectivity index (χ1n) is 9.39. The van der Waals surface area contributed by atoms with Crippen LogP contribution >= 0.6 is 0 Å². The Morgan fingerprint density at radius 2 is 2.00 bits per heavy atom. The molecule has 3 heterocycles. The van der Waals surface area contributed by atoms with Crippen molar-refractivity contribution in [2.45, 2.75) is 43.5 Å². The SMILES string of the molecule is NC(=O)N1CCC[C@H]1C(=O)N[C@H]1C[C@H]2CO[C@@H](c3ccccc3)CN2C1. The monoisotopic (exact) mass is 358 g/mol. The van der Waals surface area contributed by atoms with E-state index in [0.717, 1.165) is 25.9 Å². The van der Waals surface area contributed by atoms with Gasteiger partial charge in [-0.1, -0.05) is 30.3 Å². The highest BCUT2D eigenvalue weighted by atomic mass is 16.5. The van der Waals surface area contributed by atoms with Crippen LogP contribution in [0, 0.1) is 0 Å². The highest BCUT2D eigenvalue weighted by molar-refractivity contribution is 5.87. The molecule has 0 bridgehead atoms. The van der Waals surface area contributed by atoms with E-state index in [-0.39, 0.29) is 18.1 Å². The van der Waals surface area contributed by atoms with Gasteiger partial charge < -0.3 is 20.7 Å². The summed E-state index contributed by atoms with van der Waals surface area (Å²) < 4.78 is 6.06. The fourth-order valence-corrected chi connectivity index (χ4v) is 4.45. The van der Waals surface area contributed by atoms with E-state index in [0.29, 0.717) is 25.6 Å². The van der Waals surface area contributed by atoms with Crippen molar-refractivity contribution in [1.29, 1.82) is 0 Å². The highest BCUT2D eigenvalue weighted by Gasteiger charge is 2.40. The zero-order valence-corrected chi connectivity index (χ0v) is 14.8. The maximum atomic E-state index is 12.6. The van der Waals surface area contributed by atoms with Crippen LogP contribution in [0.1, 0.15) is 30.9 Å². The van der Waals surface area contributed by atoms with Crippen LogP contribution in [0.15, 0.2) is 30.3 Å². The van der Waals surface area contributed by atoms with Crippen LogP contribution < -0.4 is 11.1 Å². The third-order valence-corrected chi connectivity index (χ3v) is 5.77. The summed E-state index contributed by atoms with van der Waals surface area (Å²) in [5.74, 6) is -0.0772.